The van der Waals surface area contributed by atoms with Crippen molar-refractivity contribution < 1.29 is 14.3 Å². The average molecular weight is 380 g/mol. The summed E-state index contributed by atoms with van der Waals surface area (Å²) in [6.07, 6.45) is 3.49. The molecular weight excluding hydrogens is 359 g/mol. The molecule has 0 unspecified atom stereocenters. The second-order valence-electron chi connectivity index (χ2n) is 7.01. The number of piperidine rings is 1. The lowest BCUT2D eigenvalue weighted by molar-refractivity contribution is 0.0577. The van der Waals surface area contributed by atoms with Crippen molar-refractivity contribution in [1.82, 2.24) is 19.7 Å². The topological polar surface area (TPSA) is 71.2 Å². The van der Waals surface area contributed by atoms with Crippen molar-refractivity contribution >= 4 is 5.91 Å². The van der Waals surface area contributed by atoms with Gasteiger partial charge in [0, 0.05) is 31.2 Å². The molecule has 7 heteroatoms. The molecule has 0 bridgehead atoms. The Kier molecular flexibility index (Phi) is 5.16. The maximum absolute atomic E-state index is 14.5. The van der Waals surface area contributed by atoms with Crippen LogP contribution in [0.2, 0.25) is 0 Å². The fourth-order valence-corrected chi connectivity index (χ4v) is 3.88. The third-order valence-corrected chi connectivity index (χ3v) is 5.34. The molecule has 2 atom stereocenters. The zero-order valence-corrected chi connectivity index (χ0v) is 15.3. The first-order valence-electron chi connectivity index (χ1n) is 9.27. The van der Waals surface area contributed by atoms with Crippen LogP contribution in [0.4, 0.5) is 4.39 Å². The van der Waals surface area contributed by atoms with E-state index in [0.717, 1.165) is 6.42 Å². The van der Waals surface area contributed by atoms with E-state index >= 15 is 0 Å². The summed E-state index contributed by atoms with van der Waals surface area (Å²) in [7, 11) is 0. The monoisotopic (exact) mass is 380 g/mol. The SMILES string of the molecule is O=C(c1ccc(-n2cncn2)c(F)c1)N1CC[C@@H](c2ccccc2)[C@@H](CO)C1. The van der Waals surface area contributed by atoms with Gasteiger partial charge in [-0.15, -0.1) is 0 Å². The van der Waals surface area contributed by atoms with Crippen molar-refractivity contribution in [2.45, 2.75) is 12.3 Å². The molecule has 1 fully saturated rings. The number of aromatic nitrogens is 3. The van der Waals surface area contributed by atoms with Gasteiger partial charge in [0.2, 0.25) is 0 Å². The Morgan fingerprint density at radius 2 is 2.04 bits per heavy atom. The van der Waals surface area contributed by atoms with Crippen LogP contribution in [-0.2, 0) is 0 Å². The molecule has 1 saturated heterocycles. The van der Waals surface area contributed by atoms with Crippen LogP contribution in [0.15, 0.2) is 61.2 Å². The van der Waals surface area contributed by atoms with Gasteiger partial charge in [-0.05, 0) is 36.1 Å². The second-order valence-corrected chi connectivity index (χ2v) is 7.01. The molecule has 0 aliphatic carbocycles. The number of carbonyl (C=O) groups is 1. The Hall–Kier alpha value is -3.06. The summed E-state index contributed by atoms with van der Waals surface area (Å²) in [5.41, 5.74) is 1.71. The molecule has 2 heterocycles. The van der Waals surface area contributed by atoms with Crippen LogP contribution in [0.25, 0.3) is 5.69 Å². The Balaban J connectivity index is 1.51. The van der Waals surface area contributed by atoms with Crippen molar-refractivity contribution in [1.29, 1.82) is 0 Å². The zero-order chi connectivity index (χ0) is 19.5. The van der Waals surface area contributed by atoms with Gasteiger partial charge in [0.25, 0.3) is 5.91 Å². The molecule has 1 aromatic heterocycles. The standard InChI is InChI=1S/C21H21FN4O2/c22-19-10-16(6-7-20(19)26-14-23-13-24-26)21(28)25-9-8-18(17(11-25)12-27)15-4-2-1-3-5-15/h1-7,10,13-14,17-18,27H,8-9,11-12H2/t17-,18+/m1/s1. The molecule has 4 rings (SSSR count). The number of nitrogens with zero attached hydrogens (tertiary/aromatic N) is 4. The molecule has 1 N–H and O–H groups in total. The van der Waals surface area contributed by atoms with E-state index in [4.69, 9.17) is 0 Å². The van der Waals surface area contributed by atoms with Crippen LogP contribution >= 0.6 is 0 Å². The van der Waals surface area contributed by atoms with E-state index in [0.29, 0.717) is 13.1 Å². The molecular formula is C21H21FN4O2. The first kappa shape index (κ1) is 18.3. The largest absolute Gasteiger partial charge is 0.396 e. The maximum Gasteiger partial charge on any atom is 0.253 e. The second kappa shape index (κ2) is 7.90. The molecule has 144 valence electrons. The number of hydrogen-bond acceptors (Lipinski definition) is 4. The number of aliphatic hydroxyl groups is 1. The number of carbonyl (C=O) groups excluding carboxylic acids is 1. The van der Waals surface area contributed by atoms with Crippen LogP contribution in [-0.4, -0.2) is 50.4 Å². The summed E-state index contributed by atoms with van der Waals surface area (Å²) in [6.45, 7) is 1.02. The number of benzene rings is 2. The first-order valence-corrected chi connectivity index (χ1v) is 9.27. The summed E-state index contributed by atoms with van der Waals surface area (Å²) >= 11 is 0. The number of likely N-dealkylation sites (tertiary alicyclic amines) is 1. The summed E-state index contributed by atoms with van der Waals surface area (Å²) in [6, 6.07) is 14.4. The smallest absolute Gasteiger partial charge is 0.253 e. The zero-order valence-electron chi connectivity index (χ0n) is 15.3. The number of rotatable bonds is 4. The lowest BCUT2D eigenvalue weighted by atomic mass is 9.81. The lowest BCUT2D eigenvalue weighted by Crippen LogP contribution is -2.44. The van der Waals surface area contributed by atoms with E-state index in [9.17, 15) is 14.3 Å². The highest BCUT2D eigenvalue weighted by molar-refractivity contribution is 5.94. The van der Waals surface area contributed by atoms with Crippen LogP contribution in [0.1, 0.15) is 28.3 Å². The molecule has 1 aliphatic rings. The van der Waals surface area contributed by atoms with E-state index in [1.54, 1.807) is 11.0 Å². The van der Waals surface area contributed by atoms with E-state index in [1.807, 2.05) is 18.2 Å². The quantitative estimate of drug-likeness (QED) is 0.755. The molecule has 1 amide bonds. The Morgan fingerprint density at radius 3 is 2.71 bits per heavy atom. The van der Waals surface area contributed by atoms with Crippen LogP contribution < -0.4 is 0 Å². The normalized spacial score (nSPS) is 19.6. The highest BCUT2D eigenvalue weighted by atomic mass is 19.1. The third kappa shape index (κ3) is 3.53. The van der Waals surface area contributed by atoms with Gasteiger partial charge in [0.05, 0.1) is 0 Å². The Morgan fingerprint density at radius 1 is 1.21 bits per heavy atom. The highest BCUT2D eigenvalue weighted by Crippen LogP contribution is 2.33. The van der Waals surface area contributed by atoms with Gasteiger partial charge in [-0.25, -0.2) is 14.1 Å². The van der Waals surface area contributed by atoms with E-state index in [2.05, 4.69) is 22.2 Å². The van der Waals surface area contributed by atoms with Gasteiger partial charge in [-0.1, -0.05) is 30.3 Å². The Bertz CT molecular complexity index is 946. The molecule has 1 aliphatic heterocycles. The predicted octanol–water partition coefficient (Wildman–Crippen LogP) is 2.64. The number of aliphatic hydroxyl groups excluding tert-OH is 1. The number of amides is 1. The van der Waals surface area contributed by atoms with E-state index in [1.165, 1.54) is 35.0 Å². The van der Waals surface area contributed by atoms with Crippen LogP contribution in [0.3, 0.4) is 0 Å². The maximum atomic E-state index is 14.5. The minimum Gasteiger partial charge on any atom is -0.396 e. The van der Waals surface area contributed by atoms with Crippen LogP contribution in [0, 0.1) is 11.7 Å². The average Bonchev–Trinajstić information content (AvgIpc) is 3.28. The summed E-state index contributed by atoms with van der Waals surface area (Å²) in [5.74, 6) is -0.593. The summed E-state index contributed by atoms with van der Waals surface area (Å²) in [4.78, 5) is 18.4. The van der Waals surface area contributed by atoms with Crippen molar-refractivity contribution in [2.75, 3.05) is 19.7 Å². The van der Waals surface area contributed by atoms with Gasteiger partial charge in [0.15, 0.2) is 0 Å². The van der Waals surface area contributed by atoms with Crippen molar-refractivity contribution in [3.8, 4) is 5.69 Å². The lowest BCUT2D eigenvalue weighted by Gasteiger charge is -2.38. The Labute approximate surface area is 162 Å². The fraction of sp³-hybridized carbons (Fsp3) is 0.286. The van der Waals surface area contributed by atoms with Crippen molar-refractivity contribution in [3.63, 3.8) is 0 Å². The number of hydrogen-bond donors (Lipinski definition) is 1. The van der Waals surface area contributed by atoms with Gasteiger partial charge in [-0.2, -0.15) is 5.10 Å². The van der Waals surface area contributed by atoms with Gasteiger partial charge in [-0.3, -0.25) is 4.79 Å². The van der Waals surface area contributed by atoms with Crippen molar-refractivity contribution in [3.05, 3.63) is 78.1 Å². The van der Waals surface area contributed by atoms with Crippen molar-refractivity contribution in [2.24, 2.45) is 5.92 Å². The van der Waals surface area contributed by atoms with Crippen LogP contribution in [0.5, 0.6) is 0 Å². The molecule has 0 radical (unpaired) electrons. The molecule has 6 nitrogen and oxygen atoms in total. The minimum atomic E-state index is -0.533. The molecule has 28 heavy (non-hydrogen) atoms. The first-order chi connectivity index (χ1) is 13.7. The third-order valence-electron chi connectivity index (χ3n) is 5.34. The van der Waals surface area contributed by atoms with Gasteiger partial charge in [0.1, 0.15) is 24.2 Å². The molecule has 2 aromatic carbocycles. The summed E-state index contributed by atoms with van der Waals surface area (Å²) in [5, 5.41) is 13.8. The van der Waals surface area contributed by atoms with Gasteiger partial charge < -0.3 is 10.0 Å². The highest BCUT2D eigenvalue weighted by Gasteiger charge is 2.32. The van der Waals surface area contributed by atoms with Gasteiger partial charge >= 0.3 is 0 Å². The predicted molar refractivity (Wildman–Crippen MR) is 102 cm³/mol. The van der Waals surface area contributed by atoms with E-state index in [-0.39, 0.29) is 35.6 Å². The summed E-state index contributed by atoms with van der Waals surface area (Å²) < 4.78 is 15.8. The van der Waals surface area contributed by atoms with E-state index < -0.39 is 5.82 Å². The number of halogens is 1. The minimum absolute atomic E-state index is 0.00292. The molecule has 0 saturated carbocycles. The fourth-order valence-electron chi connectivity index (χ4n) is 3.88. The molecule has 3 aromatic rings. The molecule has 0 spiro atoms.